The van der Waals surface area contributed by atoms with Gasteiger partial charge < -0.3 is 10.6 Å². The van der Waals surface area contributed by atoms with Crippen molar-refractivity contribution < 1.29 is 0 Å². The molecule has 3 rings (SSSR count). The van der Waals surface area contributed by atoms with Crippen LogP contribution in [0.15, 0.2) is 59.4 Å². The molecule has 1 unspecified atom stereocenters. The third-order valence-electron chi connectivity index (χ3n) is 4.09. The number of benzene rings is 1. The Hall–Kier alpha value is -1.94. The summed E-state index contributed by atoms with van der Waals surface area (Å²) < 4.78 is 1.82. The fourth-order valence-electron chi connectivity index (χ4n) is 2.67. The van der Waals surface area contributed by atoms with Crippen molar-refractivity contribution in [3.05, 3.63) is 70.4 Å². The van der Waals surface area contributed by atoms with Gasteiger partial charge >= 0.3 is 0 Å². The lowest BCUT2D eigenvalue weighted by molar-refractivity contribution is 0.683. The van der Waals surface area contributed by atoms with Crippen molar-refractivity contribution >= 4 is 41.3 Å². The van der Waals surface area contributed by atoms with Gasteiger partial charge in [-0.25, -0.2) is 9.67 Å². The summed E-state index contributed by atoms with van der Waals surface area (Å²) >= 11 is 1.79. The molecule has 6 nitrogen and oxygen atoms in total. The highest BCUT2D eigenvalue weighted by atomic mass is 127. The molecular weight excluding hydrogens is 471 g/mol. The number of hydrogen-bond donors (Lipinski definition) is 2. The predicted octanol–water partition coefficient (Wildman–Crippen LogP) is 3.47. The van der Waals surface area contributed by atoms with Gasteiger partial charge in [-0.15, -0.1) is 35.3 Å². The highest BCUT2D eigenvalue weighted by molar-refractivity contribution is 14.0. The van der Waals surface area contributed by atoms with Crippen LogP contribution in [0.4, 0.5) is 0 Å². The second-order valence-corrected chi connectivity index (χ2v) is 7.12. The molecule has 0 spiro atoms. The summed E-state index contributed by atoms with van der Waals surface area (Å²) in [5.41, 5.74) is 2.40. The highest BCUT2D eigenvalue weighted by Gasteiger charge is 2.07. The molecule has 144 valence electrons. The van der Waals surface area contributed by atoms with Crippen molar-refractivity contribution in [2.24, 2.45) is 4.99 Å². The maximum Gasteiger partial charge on any atom is 0.191 e. The van der Waals surface area contributed by atoms with Crippen LogP contribution in [0.2, 0.25) is 0 Å². The van der Waals surface area contributed by atoms with Crippen LogP contribution in [-0.2, 0) is 13.1 Å². The maximum atomic E-state index is 4.32. The first-order valence-corrected chi connectivity index (χ1v) is 9.50. The molecule has 0 amide bonds. The zero-order chi connectivity index (χ0) is 18.2. The van der Waals surface area contributed by atoms with Gasteiger partial charge in [-0.1, -0.05) is 37.3 Å². The molecule has 2 aromatic heterocycles. The van der Waals surface area contributed by atoms with Crippen LogP contribution >= 0.6 is 35.3 Å². The Labute approximate surface area is 181 Å². The van der Waals surface area contributed by atoms with Gasteiger partial charge in [-0.05, 0) is 22.6 Å². The zero-order valence-corrected chi connectivity index (χ0v) is 18.6. The number of aromatic nitrogens is 3. The molecular formula is C19H25IN6S. The van der Waals surface area contributed by atoms with E-state index in [2.05, 4.69) is 74.4 Å². The number of guanidine groups is 1. The van der Waals surface area contributed by atoms with E-state index >= 15 is 0 Å². The first-order chi connectivity index (χ1) is 12.7. The number of nitrogens with one attached hydrogen (secondary N) is 2. The van der Waals surface area contributed by atoms with Crippen LogP contribution in [0.5, 0.6) is 0 Å². The lowest BCUT2D eigenvalue weighted by Gasteiger charge is -2.15. The third kappa shape index (κ3) is 6.62. The topological polar surface area (TPSA) is 67.1 Å². The minimum absolute atomic E-state index is 0. The normalized spacial score (nSPS) is 12.3. The first-order valence-electron chi connectivity index (χ1n) is 8.62. The lowest BCUT2D eigenvalue weighted by atomic mass is 10.1. The molecule has 1 aromatic carbocycles. The minimum atomic E-state index is 0. The average molecular weight is 496 g/mol. The van der Waals surface area contributed by atoms with Crippen LogP contribution < -0.4 is 10.6 Å². The molecule has 0 aliphatic carbocycles. The first kappa shape index (κ1) is 21.4. The van der Waals surface area contributed by atoms with Gasteiger partial charge in [0, 0.05) is 30.9 Å². The molecule has 0 radical (unpaired) electrons. The number of halogens is 1. The molecule has 27 heavy (non-hydrogen) atoms. The van der Waals surface area contributed by atoms with Gasteiger partial charge in [0.2, 0.25) is 0 Å². The van der Waals surface area contributed by atoms with Crippen molar-refractivity contribution in [3.8, 4) is 0 Å². The van der Waals surface area contributed by atoms with Gasteiger partial charge in [0.05, 0.1) is 6.54 Å². The van der Waals surface area contributed by atoms with Crippen molar-refractivity contribution in [1.29, 1.82) is 0 Å². The largest absolute Gasteiger partial charge is 0.356 e. The maximum absolute atomic E-state index is 4.32. The van der Waals surface area contributed by atoms with Gasteiger partial charge in [0.1, 0.15) is 12.7 Å². The summed E-state index contributed by atoms with van der Waals surface area (Å²) in [7, 11) is 1.80. The summed E-state index contributed by atoms with van der Waals surface area (Å²) in [5.74, 6) is 1.27. The van der Waals surface area contributed by atoms with E-state index in [4.69, 9.17) is 0 Å². The van der Waals surface area contributed by atoms with Crippen molar-refractivity contribution in [2.45, 2.75) is 25.9 Å². The summed E-state index contributed by atoms with van der Waals surface area (Å²) in [6.07, 6.45) is 3.28. The Morgan fingerprint density at radius 2 is 2.07 bits per heavy atom. The highest BCUT2D eigenvalue weighted by Crippen LogP contribution is 2.19. The predicted molar refractivity (Wildman–Crippen MR) is 122 cm³/mol. The van der Waals surface area contributed by atoms with E-state index in [1.807, 2.05) is 4.68 Å². The molecule has 1 atom stereocenters. The number of rotatable bonds is 7. The van der Waals surface area contributed by atoms with Gasteiger partial charge in [-0.3, -0.25) is 4.99 Å². The minimum Gasteiger partial charge on any atom is -0.356 e. The summed E-state index contributed by atoms with van der Waals surface area (Å²) in [6.45, 7) is 4.52. The molecule has 2 heterocycles. The Morgan fingerprint density at radius 3 is 2.78 bits per heavy atom. The second-order valence-electron chi connectivity index (χ2n) is 6.14. The quantitative estimate of drug-likeness (QED) is 0.299. The van der Waals surface area contributed by atoms with Crippen LogP contribution in [0, 0.1) is 0 Å². The summed E-state index contributed by atoms with van der Waals surface area (Å²) in [6, 6.07) is 12.7. The van der Waals surface area contributed by atoms with Crippen LogP contribution in [-0.4, -0.2) is 34.3 Å². The molecule has 0 bridgehead atoms. The van der Waals surface area contributed by atoms with E-state index in [0.29, 0.717) is 5.92 Å². The smallest absolute Gasteiger partial charge is 0.191 e. The Kier molecular flexibility index (Phi) is 8.73. The molecule has 2 N–H and O–H groups in total. The van der Waals surface area contributed by atoms with E-state index in [9.17, 15) is 0 Å². The third-order valence-corrected chi connectivity index (χ3v) is 5.19. The number of aliphatic imine (C=N–C) groups is 1. The molecule has 8 heteroatoms. The molecule has 0 aliphatic rings. The molecule has 3 aromatic rings. The molecule has 0 saturated carbocycles. The van der Waals surface area contributed by atoms with Crippen molar-refractivity contribution in [2.75, 3.05) is 13.6 Å². The SMILES string of the molecule is CN=C(NCc1cccc(Cn2cncn2)c1)NCC(C)c1cccs1.I. The van der Waals surface area contributed by atoms with Gasteiger partial charge in [-0.2, -0.15) is 5.10 Å². The average Bonchev–Trinajstić information content (AvgIpc) is 3.36. The Morgan fingerprint density at radius 1 is 1.22 bits per heavy atom. The number of thiophene rings is 1. The standard InChI is InChI=1S/C19H24N6S.HI/c1-15(18-7-4-8-26-18)10-22-19(20-2)23-11-16-5-3-6-17(9-16)12-25-14-21-13-24-25;/h3-9,13-15H,10-12H2,1-2H3,(H2,20,22,23);1H. The van der Waals surface area contributed by atoms with Crippen LogP contribution in [0.1, 0.15) is 28.8 Å². The summed E-state index contributed by atoms with van der Waals surface area (Å²) in [5, 5.41) is 13.1. The zero-order valence-electron chi connectivity index (χ0n) is 15.5. The summed E-state index contributed by atoms with van der Waals surface area (Å²) in [4.78, 5) is 9.68. The van der Waals surface area contributed by atoms with E-state index in [0.717, 1.165) is 25.6 Å². The fraction of sp³-hybridized carbons (Fsp3) is 0.316. The number of hydrogen-bond acceptors (Lipinski definition) is 4. The van der Waals surface area contributed by atoms with Crippen molar-refractivity contribution in [1.82, 2.24) is 25.4 Å². The Balaban J connectivity index is 0.00000261. The van der Waals surface area contributed by atoms with E-state index in [1.54, 1.807) is 31.0 Å². The van der Waals surface area contributed by atoms with Crippen LogP contribution in [0.3, 0.4) is 0 Å². The second kappa shape index (κ2) is 11.0. The Bertz CT molecular complexity index is 817. The molecule has 0 aliphatic heterocycles. The number of nitrogens with zero attached hydrogens (tertiary/aromatic N) is 4. The van der Waals surface area contributed by atoms with Crippen LogP contribution in [0.25, 0.3) is 0 Å². The lowest BCUT2D eigenvalue weighted by Crippen LogP contribution is -2.38. The van der Waals surface area contributed by atoms with Gasteiger partial charge in [0.15, 0.2) is 5.96 Å². The van der Waals surface area contributed by atoms with E-state index in [1.165, 1.54) is 16.0 Å². The fourth-order valence-corrected chi connectivity index (χ4v) is 3.45. The molecule has 0 saturated heterocycles. The molecule has 0 fully saturated rings. The monoisotopic (exact) mass is 496 g/mol. The van der Waals surface area contributed by atoms with E-state index in [-0.39, 0.29) is 24.0 Å². The van der Waals surface area contributed by atoms with Gasteiger partial charge in [0.25, 0.3) is 0 Å². The van der Waals surface area contributed by atoms with E-state index < -0.39 is 0 Å². The van der Waals surface area contributed by atoms with Crippen molar-refractivity contribution in [3.63, 3.8) is 0 Å².